The van der Waals surface area contributed by atoms with Crippen LogP contribution in [0, 0.1) is 0 Å². The Morgan fingerprint density at radius 1 is 0.600 bits per heavy atom. The molecule has 3 unspecified atom stereocenters. The normalized spacial score (nSPS) is 17.4. The summed E-state index contributed by atoms with van der Waals surface area (Å²) in [5, 5.41) is -2.85. The first kappa shape index (κ1) is 25.6. The predicted molar refractivity (Wildman–Crippen MR) is 95.0 cm³/mol. The first-order chi connectivity index (χ1) is 11.2. The molecule has 0 fully saturated rings. The van der Waals surface area contributed by atoms with Crippen LogP contribution in [-0.4, -0.2) is 64.1 Å². The van der Waals surface area contributed by atoms with E-state index < -0.39 is 69.2 Å². The fraction of sp³-hybridized carbons (Fsp3) is 1.00. The Bertz CT molecular complexity index is 615. The van der Waals surface area contributed by atoms with Crippen LogP contribution >= 0.6 is 0 Å². The molecule has 13 heteroatoms. The summed E-state index contributed by atoms with van der Waals surface area (Å²) in [6, 6.07) is 0. The van der Waals surface area contributed by atoms with Gasteiger partial charge in [-0.25, -0.2) is 0 Å². The molecule has 9 nitrogen and oxygen atoms in total. The Morgan fingerprint density at radius 2 is 0.800 bits per heavy atom. The van der Waals surface area contributed by atoms with Gasteiger partial charge in [-0.1, -0.05) is 0 Å². The van der Waals surface area contributed by atoms with E-state index >= 15 is 0 Å². The van der Waals surface area contributed by atoms with Gasteiger partial charge >= 0.3 is 162 Å². The number of rotatable bonds is 12. The quantitative estimate of drug-likeness (QED) is 0.298. The number of hydrogen-bond acceptors (Lipinski definition) is 9. The van der Waals surface area contributed by atoms with Crippen molar-refractivity contribution in [1.29, 1.82) is 0 Å². The molecular formula is C12H27BiO9S3. The second-order valence-corrected chi connectivity index (χ2v) is 18.4. The predicted octanol–water partition coefficient (Wildman–Crippen LogP) is 1.41. The van der Waals surface area contributed by atoms with Crippen LogP contribution in [0.1, 0.15) is 60.8 Å². The molecule has 0 aromatic rings. The van der Waals surface area contributed by atoms with Crippen LogP contribution in [0.5, 0.6) is 0 Å². The van der Waals surface area contributed by atoms with Crippen molar-refractivity contribution < 1.29 is 32.0 Å². The second-order valence-electron chi connectivity index (χ2n) is 5.58. The van der Waals surface area contributed by atoms with E-state index in [1.54, 1.807) is 20.8 Å². The Labute approximate surface area is 161 Å². The van der Waals surface area contributed by atoms with E-state index in [0.717, 1.165) is 0 Å². The molecule has 25 heavy (non-hydrogen) atoms. The van der Waals surface area contributed by atoms with E-state index in [1.807, 2.05) is 0 Å². The summed E-state index contributed by atoms with van der Waals surface area (Å²) < 4.78 is 87.1. The van der Waals surface area contributed by atoms with Gasteiger partial charge < -0.3 is 0 Å². The fourth-order valence-electron chi connectivity index (χ4n) is 1.12. The van der Waals surface area contributed by atoms with Crippen LogP contribution in [0.25, 0.3) is 0 Å². The van der Waals surface area contributed by atoms with Gasteiger partial charge in [-0.2, -0.15) is 0 Å². The average molecular weight is 621 g/mol. The van der Waals surface area contributed by atoms with Crippen LogP contribution in [0.3, 0.4) is 0 Å². The molecule has 0 saturated carbocycles. The molecule has 0 amide bonds. The van der Waals surface area contributed by atoms with Crippen LogP contribution in [0.15, 0.2) is 0 Å². The van der Waals surface area contributed by atoms with Crippen LogP contribution in [0.4, 0.5) is 0 Å². The van der Waals surface area contributed by atoms with Gasteiger partial charge in [0.15, 0.2) is 0 Å². The van der Waals surface area contributed by atoms with E-state index in [1.165, 1.54) is 20.8 Å². The van der Waals surface area contributed by atoms with E-state index in [4.69, 9.17) is 6.78 Å². The van der Waals surface area contributed by atoms with Gasteiger partial charge in [0.25, 0.3) is 0 Å². The molecule has 0 aromatic heterocycles. The van der Waals surface area contributed by atoms with Crippen LogP contribution < -0.4 is 0 Å². The van der Waals surface area contributed by atoms with Gasteiger partial charge in [0.05, 0.1) is 0 Å². The maximum atomic E-state index is 12.1. The molecule has 0 aliphatic carbocycles. The molecule has 0 N–H and O–H groups in total. The zero-order chi connectivity index (χ0) is 20.1. The minimum atomic E-state index is -4.85. The van der Waals surface area contributed by atoms with Gasteiger partial charge in [-0.05, 0) is 0 Å². The standard InChI is InChI=1S/3C4H10O3S.Bi/c3*1-3-4(2)8(5,6)7;/h3*4H,3H2,1-2H3,(H,5,6,7);/q;;;+3/p-3. The Morgan fingerprint density at radius 3 is 0.960 bits per heavy atom. The van der Waals surface area contributed by atoms with E-state index in [0.29, 0.717) is 0 Å². The molecule has 0 heterocycles. The molecule has 152 valence electrons. The van der Waals surface area contributed by atoms with E-state index in [2.05, 4.69) is 0 Å². The average Bonchev–Trinajstić information content (AvgIpc) is 2.50. The number of hydrogen-bond donors (Lipinski definition) is 0. The zero-order valence-electron chi connectivity index (χ0n) is 15.2. The maximum absolute atomic E-state index is 12.1. The second kappa shape index (κ2) is 10.2. The monoisotopic (exact) mass is 620 g/mol. The van der Waals surface area contributed by atoms with Gasteiger partial charge in [0.2, 0.25) is 0 Å². The summed E-state index contributed by atoms with van der Waals surface area (Å²) in [6.07, 6.45) is 0.613. The van der Waals surface area contributed by atoms with Crippen molar-refractivity contribution in [2.75, 3.05) is 0 Å². The zero-order valence-corrected chi connectivity index (χ0v) is 21.1. The molecule has 0 aliphatic rings. The van der Waals surface area contributed by atoms with Gasteiger partial charge in [0, 0.05) is 0 Å². The van der Waals surface area contributed by atoms with Crippen molar-refractivity contribution in [2.24, 2.45) is 0 Å². The van der Waals surface area contributed by atoms with Crippen molar-refractivity contribution in [3.8, 4) is 0 Å². The fourth-order valence-corrected chi connectivity index (χ4v) is 17.3. The summed E-state index contributed by atoms with van der Waals surface area (Å²) in [7, 11) is -12.6. The Kier molecular flexibility index (Phi) is 10.5. The molecule has 0 spiro atoms. The summed E-state index contributed by atoms with van der Waals surface area (Å²) in [4.78, 5) is 0. The third-order valence-electron chi connectivity index (χ3n) is 3.70. The van der Waals surface area contributed by atoms with Crippen molar-refractivity contribution in [3.63, 3.8) is 0 Å². The van der Waals surface area contributed by atoms with E-state index in [-0.39, 0.29) is 19.3 Å². The third-order valence-corrected chi connectivity index (χ3v) is 20.2. The molecular weight excluding hydrogens is 593 g/mol. The first-order valence-corrected chi connectivity index (χ1v) is 16.5. The molecule has 0 rings (SSSR count). The molecule has 0 aromatic carbocycles. The van der Waals surface area contributed by atoms with Crippen molar-refractivity contribution in [3.05, 3.63) is 0 Å². The van der Waals surface area contributed by atoms with Gasteiger partial charge in [0.1, 0.15) is 0 Å². The Balaban J connectivity index is 5.69. The topological polar surface area (TPSA) is 130 Å². The van der Waals surface area contributed by atoms with Crippen LogP contribution in [0.2, 0.25) is 0 Å². The van der Waals surface area contributed by atoms with Crippen molar-refractivity contribution in [1.82, 2.24) is 0 Å². The third kappa shape index (κ3) is 8.02. The first-order valence-electron chi connectivity index (χ1n) is 7.83. The van der Waals surface area contributed by atoms with Gasteiger partial charge in [-0.15, -0.1) is 0 Å². The molecule has 3 atom stereocenters. The SMILES string of the molecule is CCC(C)S(=O)(=O)[O][Bi]([O]S(=O)(=O)C(C)CC)[O]S(=O)(=O)C(C)CC. The summed E-state index contributed by atoms with van der Waals surface area (Å²) in [5.41, 5.74) is 0. The molecule has 0 saturated heterocycles. The summed E-state index contributed by atoms with van der Waals surface area (Å²) in [6.45, 7) is 8.89. The summed E-state index contributed by atoms with van der Waals surface area (Å²) >= 11 is -4.85. The summed E-state index contributed by atoms with van der Waals surface area (Å²) in [5.74, 6) is 0. The minimum absolute atomic E-state index is 0.204. The van der Waals surface area contributed by atoms with E-state index in [9.17, 15) is 25.3 Å². The molecule has 0 aliphatic heterocycles. The van der Waals surface area contributed by atoms with Gasteiger partial charge in [-0.3, -0.25) is 0 Å². The van der Waals surface area contributed by atoms with Crippen LogP contribution in [-0.2, 0) is 37.1 Å². The van der Waals surface area contributed by atoms with Crippen molar-refractivity contribution >= 4 is 53.4 Å². The molecule has 0 bridgehead atoms. The Hall–Kier alpha value is 0.613. The van der Waals surface area contributed by atoms with Crippen molar-refractivity contribution in [2.45, 2.75) is 76.6 Å². The molecule has 0 radical (unpaired) electrons.